The molecule has 33 heavy (non-hydrogen) atoms. The number of hydrogen-bond donors (Lipinski definition) is 3. The highest BCUT2D eigenvalue weighted by Crippen LogP contribution is 2.29. The molecule has 0 spiro atoms. The fourth-order valence-electron chi connectivity index (χ4n) is 3.43. The molecule has 0 aromatic carbocycles. The average molecular weight is 459 g/mol. The van der Waals surface area contributed by atoms with Gasteiger partial charge in [0.25, 0.3) is 11.8 Å². The Labute approximate surface area is 186 Å². The Bertz CT molecular complexity index is 1140. The molecular formula is C21H20F3N7O2. The fourth-order valence-corrected chi connectivity index (χ4v) is 3.43. The van der Waals surface area contributed by atoms with Gasteiger partial charge in [0.05, 0.1) is 28.7 Å². The standard InChI is InChI=1S/C21H20F3N7O2/c22-21(23,24)14-8-13(9-25-10-14)19(32)29-16-12-27-30-18(16)20(33)28-15-4-5-17(26-11-15)31-6-2-1-3-7-31/h4-5,8-12H,1-3,6-7H2,(H,27,30)(H,28,33)(H,29,32). The minimum atomic E-state index is -4.64. The number of alkyl halides is 3. The molecule has 2 amide bonds. The number of anilines is 3. The molecule has 0 unspecified atom stereocenters. The van der Waals surface area contributed by atoms with Gasteiger partial charge >= 0.3 is 6.18 Å². The number of piperidine rings is 1. The van der Waals surface area contributed by atoms with Crippen LogP contribution < -0.4 is 15.5 Å². The predicted molar refractivity (Wildman–Crippen MR) is 114 cm³/mol. The first kappa shape index (κ1) is 22.2. The Morgan fingerprint density at radius 3 is 2.48 bits per heavy atom. The second-order valence-corrected chi connectivity index (χ2v) is 7.47. The Morgan fingerprint density at radius 2 is 1.79 bits per heavy atom. The van der Waals surface area contributed by atoms with Crippen LogP contribution in [0.2, 0.25) is 0 Å². The molecule has 1 aliphatic heterocycles. The molecule has 9 nitrogen and oxygen atoms in total. The van der Waals surface area contributed by atoms with Crippen LogP contribution in [0.25, 0.3) is 0 Å². The quantitative estimate of drug-likeness (QED) is 0.536. The summed E-state index contributed by atoms with van der Waals surface area (Å²) in [6.07, 6.45) is 3.21. The van der Waals surface area contributed by atoms with Crippen molar-refractivity contribution in [2.45, 2.75) is 25.4 Å². The van der Waals surface area contributed by atoms with Crippen LogP contribution >= 0.6 is 0 Å². The maximum absolute atomic E-state index is 12.9. The number of hydrogen-bond acceptors (Lipinski definition) is 6. The number of carbonyl (C=O) groups is 2. The number of H-pyrrole nitrogens is 1. The van der Waals surface area contributed by atoms with Gasteiger partial charge in [0, 0.05) is 31.7 Å². The van der Waals surface area contributed by atoms with E-state index in [9.17, 15) is 22.8 Å². The van der Waals surface area contributed by atoms with Crippen molar-refractivity contribution < 1.29 is 22.8 Å². The number of halogens is 3. The van der Waals surface area contributed by atoms with Crippen molar-refractivity contribution in [3.8, 4) is 0 Å². The van der Waals surface area contributed by atoms with Gasteiger partial charge in [0.2, 0.25) is 0 Å². The minimum absolute atomic E-state index is 0.00723. The monoisotopic (exact) mass is 459 g/mol. The average Bonchev–Trinajstić information content (AvgIpc) is 3.28. The van der Waals surface area contributed by atoms with Gasteiger partial charge in [-0.2, -0.15) is 18.3 Å². The highest BCUT2D eigenvalue weighted by atomic mass is 19.4. The highest BCUT2D eigenvalue weighted by molar-refractivity contribution is 6.11. The van der Waals surface area contributed by atoms with Crippen molar-refractivity contribution in [2.24, 2.45) is 0 Å². The third-order valence-corrected chi connectivity index (χ3v) is 5.12. The lowest BCUT2D eigenvalue weighted by atomic mass is 10.1. The van der Waals surface area contributed by atoms with E-state index < -0.39 is 23.6 Å². The van der Waals surface area contributed by atoms with Gasteiger partial charge in [0.1, 0.15) is 5.82 Å². The second kappa shape index (κ2) is 9.27. The van der Waals surface area contributed by atoms with Crippen molar-refractivity contribution in [1.29, 1.82) is 0 Å². The maximum atomic E-state index is 12.9. The van der Waals surface area contributed by atoms with Crippen LogP contribution in [-0.4, -0.2) is 45.1 Å². The van der Waals surface area contributed by atoms with Gasteiger partial charge in [-0.15, -0.1) is 0 Å². The molecule has 3 aromatic heterocycles. The van der Waals surface area contributed by atoms with E-state index in [1.165, 1.54) is 18.8 Å². The Morgan fingerprint density at radius 1 is 1.00 bits per heavy atom. The second-order valence-electron chi connectivity index (χ2n) is 7.47. The summed E-state index contributed by atoms with van der Waals surface area (Å²) >= 11 is 0. The van der Waals surface area contributed by atoms with Crippen LogP contribution in [0, 0.1) is 0 Å². The van der Waals surface area contributed by atoms with Gasteiger partial charge in [-0.05, 0) is 37.5 Å². The summed E-state index contributed by atoms with van der Waals surface area (Å²) in [5, 5.41) is 11.3. The van der Waals surface area contributed by atoms with Gasteiger partial charge in [-0.1, -0.05) is 0 Å². The highest BCUT2D eigenvalue weighted by Gasteiger charge is 2.31. The summed E-state index contributed by atoms with van der Waals surface area (Å²) in [5.41, 5.74) is -1.06. The molecule has 4 heterocycles. The first-order valence-electron chi connectivity index (χ1n) is 10.2. The third-order valence-electron chi connectivity index (χ3n) is 5.12. The molecule has 172 valence electrons. The molecule has 4 rings (SSSR count). The first-order chi connectivity index (χ1) is 15.8. The predicted octanol–water partition coefficient (Wildman–Crippen LogP) is 3.71. The molecule has 1 fully saturated rings. The van der Waals surface area contributed by atoms with Crippen molar-refractivity contribution in [1.82, 2.24) is 20.2 Å². The fraction of sp³-hybridized carbons (Fsp3) is 0.286. The number of carbonyl (C=O) groups excluding carboxylic acids is 2. The molecule has 0 aliphatic carbocycles. The topological polar surface area (TPSA) is 116 Å². The van der Waals surface area contributed by atoms with E-state index >= 15 is 0 Å². The number of nitrogens with one attached hydrogen (secondary N) is 3. The van der Waals surface area contributed by atoms with Crippen molar-refractivity contribution in [3.63, 3.8) is 0 Å². The van der Waals surface area contributed by atoms with Gasteiger partial charge in [0.15, 0.2) is 5.69 Å². The molecule has 0 atom stereocenters. The lowest BCUT2D eigenvalue weighted by Gasteiger charge is -2.27. The van der Waals surface area contributed by atoms with Gasteiger partial charge in [-0.25, -0.2) is 4.98 Å². The Balaban J connectivity index is 1.43. The van der Waals surface area contributed by atoms with Gasteiger partial charge < -0.3 is 15.5 Å². The van der Waals surface area contributed by atoms with Crippen LogP contribution in [0.4, 0.5) is 30.4 Å². The molecule has 3 aromatic rings. The SMILES string of the molecule is O=C(Nc1c[nH]nc1C(=O)Nc1ccc(N2CCCCC2)nc1)c1cncc(C(F)(F)F)c1. The molecule has 1 saturated heterocycles. The van der Waals surface area contributed by atoms with Crippen molar-refractivity contribution in [2.75, 3.05) is 28.6 Å². The summed E-state index contributed by atoms with van der Waals surface area (Å²) < 4.78 is 38.6. The first-order valence-corrected chi connectivity index (χ1v) is 10.2. The van der Waals surface area contributed by atoms with Crippen molar-refractivity contribution in [3.05, 3.63) is 59.8 Å². The number of aromatic nitrogens is 4. The lowest BCUT2D eigenvalue weighted by Crippen LogP contribution is -2.30. The number of rotatable bonds is 5. The van der Waals surface area contributed by atoms with E-state index in [2.05, 4.69) is 35.7 Å². The summed E-state index contributed by atoms with van der Waals surface area (Å²) in [4.78, 5) is 35.1. The van der Waals surface area contributed by atoms with E-state index in [0.717, 1.165) is 37.9 Å². The zero-order valence-corrected chi connectivity index (χ0v) is 17.3. The molecule has 3 N–H and O–H groups in total. The number of nitrogens with zero attached hydrogens (tertiary/aromatic N) is 4. The zero-order valence-electron chi connectivity index (χ0n) is 17.3. The van der Waals surface area contributed by atoms with Gasteiger partial charge in [-0.3, -0.25) is 19.7 Å². The number of amides is 2. The smallest absolute Gasteiger partial charge is 0.357 e. The summed E-state index contributed by atoms with van der Waals surface area (Å²) in [5.74, 6) is -0.659. The van der Waals surface area contributed by atoms with Crippen molar-refractivity contribution >= 4 is 29.0 Å². The molecule has 12 heteroatoms. The van der Waals surface area contributed by atoms with Crippen LogP contribution in [0.5, 0.6) is 0 Å². The summed E-state index contributed by atoms with van der Waals surface area (Å²) in [6, 6.07) is 4.21. The molecule has 0 radical (unpaired) electrons. The van der Waals surface area contributed by atoms with E-state index in [-0.39, 0.29) is 16.9 Å². The normalized spacial score (nSPS) is 14.1. The zero-order chi connectivity index (χ0) is 23.4. The van der Waals surface area contributed by atoms with E-state index in [1.807, 2.05) is 6.07 Å². The van der Waals surface area contributed by atoms with Crippen LogP contribution in [-0.2, 0) is 6.18 Å². The molecule has 0 saturated carbocycles. The third kappa shape index (κ3) is 5.27. The minimum Gasteiger partial charge on any atom is -0.357 e. The number of pyridine rings is 2. The van der Waals surface area contributed by atoms with E-state index in [0.29, 0.717) is 18.0 Å². The molecular weight excluding hydrogens is 439 g/mol. The van der Waals surface area contributed by atoms with Crippen LogP contribution in [0.15, 0.2) is 43.0 Å². The number of aromatic amines is 1. The largest absolute Gasteiger partial charge is 0.417 e. The molecule has 1 aliphatic rings. The van der Waals surface area contributed by atoms with Crippen LogP contribution in [0.3, 0.4) is 0 Å². The summed E-state index contributed by atoms with van der Waals surface area (Å²) in [7, 11) is 0. The maximum Gasteiger partial charge on any atom is 0.417 e. The van der Waals surface area contributed by atoms with Crippen LogP contribution in [0.1, 0.15) is 45.7 Å². The summed E-state index contributed by atoms with van der Waals surface area (Å²) in [6.45, 7) is 1.88. The van der Waals surface area contributed by atoms with E-state index in [1.54, 1.807) is 6.07 Å². The van der Waals surface area contributed by atoms with E-state index in [4.69, 9.17) is 0 Å². The Kier molecular flexibility index (Phi) is 6.24. The lowest BCUT2D eigenvalue weighted by molar-refractivity contribution is -0.137. The molecule has 0 bridgehead atoms. The Hall–Kier alpha value is -3.96.